The second-order valence-electron chi connectivity index (χ2n) is 5.57. The quantitative estimate of drug-likeness (QED) is 0.836. The minimum Gasteiger partial charge on any atom is -0.473 e. The van der Waals surface area contributed by atoms with Gasteiger partial charge in [0.2, 0.25) is 22.7 Å². The third kappa shape index (κ3) is 2.78. The lowest BCUT2D eigenvalue weighted by molar-refractivity contribution is 0.174. The zero-order valence-electron chi connectivity index (χ0n) is 12.8. The molecule has 0 spiro atoms. The molecule has 0 saturated carbocycles. The third-order valence-corrected chi connectivity index (χ3v) is 5.88. The van der Waals surface area contributed by atoms with E-state index < -0.39 is 10.0 Å². The molecule has 1 atom stereocenters. The molecule has 24 heavy (non-hydrogen) atoms. The maximum atomic E-state index is 12.8. The summed E-state index contributed by atoms with van der Waals surface area (Å²) in [6.45, 7) is 0.824. The maximum absolute atomic E-state index is 12.8. The lowest BCUT2D eigenvalue weighted by Crippen LogP contribution is -2.31. The van der Waals surface area contributed by atoms with E-state index in [1.165, 1.54) is 16.4 Å². The number of aromatic nitrogens is 1. The topological polar surface area (TPSA) is 78.0 Å². The van der Waals surface area contributed by atoms with Crippen molar-refractivity contribution in [3.63, 3.8) is 0 Å². The monoisotopic (exact) mass is 348 g/mol. The van der Waals surface area contributed by atoms with Gasteiger partial charge in [-0.05, 0) is 24.6 Å². The predicted octanol–water partition coefficient (Wildman–Crippen LogP) is 1.65. The molecule has 2 aliphatic heterocycles. The first-order chi connectivity index (χ1) is 11.6. The molecule has 3 heterocycles. The number of ether oxygens (including phenoxy) is 3. The van der Waals surface area contributed by atoms with Crippen LogP contribution in [0.25, 0.3) is 0 Å². The molecule has 0 bridgehead atoms. The van der Waals surface area contributed by atoms with Crippen LogP contribution in [0.1, 0.15) is 6.42 Å². The van der Waals surface area contributed by atoms with Crippen LogP contribution in [0.4, 0.5) is 0 Å². The fourth-order valence-electron chi connectivity index (χ4n) is 2.79. The van der Waals surface area contributed by atoms with Crippen LogP contribution >= 0.6 is 0 Å². The summed E-state index contributed by atoms with van der Waals surface area (Å²) < 4.78 is 43.2. The Kier molecular flexibility index (Phi) is 3.78. The number of nitrogens with zero attached hydrogens (tertiary/aromatic N) is 2. The highest BCUT2D eigenvalue weighted by atomic mass is 32.2. The maximum Gasteiger partial charge on any atom is 0.243 e. The molecule has 126 valence electrons. The molecule has 2 aliphatic rings. The lowest BCUT2D eigenvalue weighted by atomic mass is 10.3. The summed E-state index contributed by atoms with van der Waals surface area (Å²) in [5.41, 5.74) is 0. The SMILES string of the molecule is O=S(=O)(c1ccc2c(c1)OCO2)N1CC[C@H](Oc2ccccn2)C1. The smallest absolute Gasteiger partial charge is 0.243 e. The number of sulfonamides is 1. The molecule has 1 saturated heterocycles. The van der Waals surface area contributed by atoms with Crippen LogP contribution in [-0.2, 0) is 10.0 Å². The Morgan fingerprint density at radius 3 is 2.88 bits per heavy atom. The first-order valence-electron chi connectivity index (χ1n) is 7.60. The predicted molar refractivity (Wildman–Crippen MR) is 84.6 cm³/mol. The van der Waals surface area contributed by atoms with Crippen molar-refractivity contribution < 1.29 is 22.6 Å². The number of pyridine rings is 1. The van der Waals surface area contributed by atoms with E-state index in [2.05, 4.69) is 4.98 Å². The summed E-state index contributed by atoms with van der Waals surface area (Å²) >= 11 is 0. The molecule has 1 aromatic carbocycles. The van der Waals surface area contributed by atoms with E-state index in [0.717, 1.165) is 0 Å². The summed E-state index contributed by atoms with van der Waals surface area (Å²) in [5.74, 6) is 1.52. The van der Waals surface area contributed by atoms with E-state index in [4.69, 9.17) is 14.2 Å². The van der Waals surface area contributed by atoms with Crippen LogP contribution in [0.3, 0.4) is 0 Å². The van der Waals surface area contributed by atoms with Crippen LogP contribution in [0.2, 0.25) is 0 Å². The molecule has 0 amide bonds. The van der Waals surface area contributed by atoms with Gasteiger partial charge in [-0.3, -0.25) is 0 Å². The molecule has 0 unspecified atom stereocenters. The van der Waals surface area contributed by atoms with Gasteiger partial charge in [-0.25, -0.2) is 13.4 Å². The van der Waals surface area contributed by atoms with E-state index in [0.29, 0.717) is 36.9 Å². The van der Waals surface area contributed by atoms with Crippen LogP contribution < -0.4 is 14.2 Å². The van der Waals surface area contributed by atoms with Crippen molar-refractivity contribution in [3.05, 3.63) is 42.6 Å². The number of rotatable bonds is 4. The summed E-state index contributed by atoms with van der Waals surface area (Å²) in [4.78, 5) is 4.31. The van der Waals surface area contributed by atoms with Crippen molar-refractivity contribution in [2.75, 3.05) is 19.9 Å². The number of hydrogen-bond donors (Lipinski definition) is 0. The molecule has 4 rings (SSSR count). The van der Waals surface area contributed by atoms with Gasteiger partial charge < -0.3 is 14.2 Å². The van der Waals surface area contributed by atoms with E-state index in [1.54, 1.807) is 24.4 Å². The van der Waals surface area contributed by atoms with Gasteiger partial charge in [0.15, 0.2) is 11.5 Å². The van der Waals surface area contributed by atoms with Gasteiger partial charge in [0, 0.05) is 24.9 Å². The molecule has 1 fully saturated rings. The summed E-state index contributed by atoms with van der Waals surface area (Å²) in [5, 5.41) is 0. The van der Waals surface area contributed by atoms with Crippen LogP contribution in [0.15, 0.2) is 47.5 Å². The molecule has 1 aromatic heterocycles. The molecule has 0 radical (unpaired) electrons. The summed E-state index contributed by atoms with van der Waals surface area (Å²) in [7, 11) is -3.59. The van der Waals surface area contributed by atoms with Crippen molar-refractivity contribution in [2.45, 2.75) is 17.4 Å². The number of benzene rings is 1. The summed E-state index contributed by atoms with van der Waals surface area (Å²) in [6.07, 6.45) is 2.06. The van der Waals surface area contributed by atoms with Gasteiger partial charge >= 0.3 is 0 Å². The largest absolute Gasteiger partial charge is 0.473 e. The Balaban J connectivity index is 1.49. The van der Waals surface area contributed by atoms with Crippen molar-refractivity contribution in [1.29, 1.82) is 0 Å². The first kappa shape index (κ1) is 15.2. The van der Waals surface area contributed by atoms with Gasteiger partial charge in [-0.2, -0.15) is 4.31 Å². The second kappa shape index (κ2) is 5.95. The highest BCUT2D eigenvalue weighted by Gasteiger charge is 2.34. The molecule has 7 nitrogen and oxygen atoms in total. The Bertz CT molecular complexity index is 841. The Hall–Kier alpha value is -2.32. The van der Waals surface area contributed by atoms with E-state index >= 15 is 0 Å². The number of fused-ring (bicyclic) bond motifs is 1. The fraction of sp³-hybridized carbons (Fsp3) is 0.312. The van der Waals surface area contributed by atoms with Crippen molar-refractivity contribution >= 4 is 10.0 Å². The van der Waals surface area contributed by atoms with Crippen LogP contribution in [0, 0.1) is 0 Å². The normalized spacial score (nSPS) is 20.2. The average molecular weight is 348 g/mol. The first-order valence-corrected chi connectivity index (χ1v) is 9.04. The van der Waals surface area contributed by atoms with E-state index in [1.807, 2.05) is 6.07 Å². The Morgan fingerprint density at radius 1 is 1.17 bits per heavy atom. The molecule has 2 aromatic rings. The minimum atomic E-state index is -3.59. The fourth-order valence-corrected chi connectivity index (χ4v) is 4.29. The molecule has 0 N–H and O–H groups in total. The van der Waals surface area contributed by atoms with Crippen LogP contribution in [0.5, 0.6) is 17.4 Å². The molecular weight excluding hydrogens is 332 g/mol. The van der Waals surface area contributed by atoms with Crippen molar-refractivity contribution in [1.82, 2.24) is 9.29 Å². The lowest BCUT2D eigenvalue weighted by Gasteiger charge is -2.17. The molecule has 8 heteroatoms. The van der Waals surface area contributed by atoms with Crippen molar-refractivity contribution in [2.24, 2.45) is 0 Å². The summed E-state index contributed by atoms with van der Waals surface area (Å²) in [6, 6.07) is 10.1. The highest BCUT2D eigenvalue weighted by Crippen LogP contribution is 2.35. The highest BCUT2D eigenvalue weighted by molar-refractivity contribution is 7.89. The van der Waals surface area contributed by atoms with Crippen LogP contribution in [-0.4, -0.2) is 43.7 Å². The number of hydrogen-bond acceptors (Lipinski definition) is 6. The molecular formula is C16H16N2O5S. The minimum absolute atomic E-state index is 0.114. The van der Waals surface area contributed by atoms with E-state index in [9.17, 15) is 8.42 Å². The molecule has 0 aliphatic carbocycles. The Labute approximate surface area is 139 Å². The van der Waals surface area contributed by atoms with Gasteiger partial charge in [0.25, 0.3) is 0 Å². The Morgan fingerprint density at radius 2 is 2.04 bits per heavy atom. The van der Waals surface area contributed by atoms with Gasteiger partial charge in [-0.1, -0.05) is 6.07 Å². The zero-order chi connectivity index (χ0) is 16.6. The van der Waals surface area contributed by atoms with Gasteiger partial charge in [-0.15, -0.1) is 0 Å². The van der Waals surface area contributed by atoms with Gasteiger partial charge in [0.05, 0.1) is 11.4 Å². The van der Waals surface area contributed by atoms with Gasteiger partial charge in [0.1, 0.15) is 6.10 Å². The standard InChI is InChI=1S/C16H16N2O5S/c19-24(20,13-4-5-14-15(9-13)22-11-21-14)18-8-6-12(10-18)23-16-3-1-2-7-17-16/h1-5,7,9,12H,6,8,10-11H2/t12-/m0/s1. The third-order valence-electron chi connectivity index (χ3n) is 4.01. The van der Waals surface area contributed by atoms with Crippen molar-refractivity contribution in [3.8, 4) is 17.4 Å². The van der Waals surface area contributed by atoms with E-state index in [-0.39, 0.29) is 17.8 Å². The second-order valence-corrected chi connectivity index (χ2v) is 7.51. The zero-order valence-corrected chi connectivity index (χ0v) is 13.6. The average Bonchev–Trinajstić information content (AvgIpc) is 3.24.